The summed E-state index contributed by atoms with van der Waals surface area (Å²) in [6, 6.07) is 0. The molecule has 1 aliphatic rings. The third kappa shape index (κ3) is 2.75. The molecule has 88 valence electrons. The van der Waals surface area contributed by atoms with Gasteiger partial charge in [0, 0.05) is 0 Å². The summed E-state index contributed by atoms with van der Waals surface area (Å²) in [5.41, 5.74) is 0. The lowest BCUT2D eigenvalue weighted by molar-refractivity contribution is -0.298. The lowest BCUT2D eigenvalue weighted by Gasteiger charge is -2.39. The molecule has 6 nitrogen and oxygen atoms in total. The van der Waals surface area contributed by atoms with E-state index in [1.807, 2.05) is 0 Å². The van der Waals surface area contributed by atoms with Crippen LogP contribution in [0.15, 0.2) is 12.7 Å². The van der Waals surface area contributed by atoms with Crippen molar-refractivity contribution in [1.82, 2.24) is 0 Å². The number of aliphatic hydroxyl groups excluding tert-OH is 4. The van der Waals surface area contributed by atoms with E-state index >= 15 is 0 Å². The predicted molar refractivity (Wildman–Crippen MR) is 49.9 cm³/mol. The van der Waals surface area contributed by atoms with Crippen molar-refractivity contribution in [3.8, 4) is 0 Å². The Balaban J connectivity index is 2.60. The van der Waals surface area contributed by atoms with Crippen molar-refractivity contribution >= 4 is 0 Å². The number of ether oxygens (including phenoxy) is 2. The van der Waals surface area contributed by atoms with Crippen LogP contribution in [0.1, 0.15) is 0 Å². The van der Waals surface area contributed by atoms with Gasteiger partial charge >= 0.3 is 0 Å². The average Bonchev–Trinajstić information content (AvgIpc) is 2.25. The maximum Gasteiger partial charge on any atom is 0.187 e. The van der Waals surface area contributed by atoms with Crippen molar-refractivity contribution < 1.29 is 29.9 Å². The smallest absolute Gasteiger partial charge is 0.187 e. The van der Waals surface area contributed by atoms with E-state index in [1.165, 1.54) is 6.08 Å². The summed E-state index contributed by atoms with van der Waals surface area (Å²) in [4.78, 5) is 0. The summed E-state index contributed by atoms with van der Waals surface area (Å²) in [5.74, 6) is 0. The van der Waals surface area contributed by atoms with Gasteiger partial charge in [-0.1, -0.05) is 6.08 Å². The van der Waals surface area contributed by atoms with Crippen molar-refractivity contribution in [3.63, 3.8) is 0 Å². The molecule has 0 aromatic rings. The molecule has 5 atom stereocenters. The number of hydrogen-bond acceptors (Lipinski definition) is 6. The van der Waals surface area contributed by atoms with Gasteiger partial charge in [0.2, 0.25) is 0 Å². The second-order valence-corrected chi connectivity index (χ2v) is 3.32. The molecule has 0 amide bonds. The van der Waals surface area contributed by atoms with Crippen LogP contribution in [-0.2, 0) is 9.47 Å². The molecule has 1 unspecified atom stereocenters. The minimum absolute atomic E-state index is 0.142. The molecule has 0 aromatic carbocycles. The van der Waals surface area contributed by atoms with Gasteiger partial charge in [0.15, 0.2) is 6.29 Å². The molecule has 1 fully saturated rings. The molecule has 0 aliphatic carbocycles. The third-order valence-electron chi connectivity index (χ3n) is 2.23. The quantitative estimate of drug-likeness (QED) is 0.408. The van der Waals surface area contributed by atoms with Gasteiger partial charge < -0.3 is 29.9 Å². The Hall–Kier alpha value is -0.500. The van der Waals surface area contributed by atoms with Crippen LogP contribution in [0, 0.1) is 0 Å². The van der Waals surface area contributed by atoms with Gasteiger partial charge in [0.05, 0.1) is 13.2 Å². The third-order valence-corrected chi connectivity index (χ3v) is 2.23. The van der Waals surface area contributed by atoms with Crippen molar-refractivity contribution in [1.29, 1.82) is 0 Å². The lowest BCUT2D eigenvalue weighted by atomic mass is 9.99. The highest BCUT2D eigenvalue weighted by Crippen LogP contribution is 2.21. The SMILES string of the molecule is C=CCOC1O[C@H](CO)[C@H](O)[C@H](O)[C@H]1O. The van der Waals surface area contributed by atoms with E-state index in [2.05, 4.69) is 6.58 Å². The fourth-order valence-corrected chi connectivity index (χ4v) is 1.37. The Bertz CT molecular complexity index is 207. The molecular weight excluding hydrogens is 204 g/mol. The van der Waals surface area contributed by atoms with E-state index < -0.39 is 37.3 Å². The second-order valence-electron chi connectivity index (χ2n) is 3.32. The average molecular weight is 220 g/mol. The lowest BCUT2D eigenvalue weighted by Crippen LogP contribution is -2.59. The Morgan fingerprint density at radius 3 is 2.40 bits per heavy atom. The molecule has 0 spiro atoms. The fraction of sp³-hybridized carbons (Fsp3) is 0.778. The van der Waals surface area contributed by atoms with Gasteiger partial charge in [-0.05, 0) is 0 Å². The molecule has 4 N–H and O–H groups in total. The Kier molecular flexibility index (Phi) is 4.65. The largest absolute Gasteiger partial charge is 0.394 e. The molecule has 6 heteroatoms. The van der Waals surface area contributed by atoms with Gasteiger partial charge in [0.1, 0.15) is 24.4 Å². The van der Waals surface area contributed by atoms with Crippen LogP contribution in [0.2, 0.25) is 0 Å². The van der Waals surface area contributed by atoms with Gasteiger partial charge in [-0.3, -0.25) is 0 Å². The van der Waals surface area contributed by atoms with Crippen LogP contribution in [0.5, 0.6) is 0 Å². The molecule has 0 radical (unpaired) electrons. The summed E-state index contributed by atoms with van der Waals surface area (Å²) in [6.45, 7) is 3.10. The minimum atomic E-state index is -1.40. The zero-order valence-electron chi connectivity index (χ0n) is 8.19. The molecule has 0 bridgehead atoms. The molecule has 1 heterocycles. The molecule has 15 heavy (non-hydrogen) atoms. The monoisotopic (exact) mass is 220 g/mol. The Morgan fingerprint density at radius 1 is 1.20 bits per heavy atom. The van der Waals surface area contributed by atoms with E-state index in [-0.39, 0.29) is 6.61 Å². The van der Waals surface area contributed by atoms with E-state index in [4.69, 9.17) is 14.6 Å². The highest BCUT2D eigenvalue weighted by atomic mass is 16.7. The summed E-state index contributed by atoms with van der Waals surface area (Å²) in [7, 11) is 0. The molecule has 0 aromatic heterocycles. The minimum Gasteiger partial charge on any atom is -0.394 e. The van der Waals surface area contributed by atoms with Crippen LogP contribution < -0.4 is 0 Å². The van der Waals surface area contributed by atoms with Crippen LogP contribution in [-0.4, -0.2) is 64.3 Å². The first kappa shape index (κ1) is 12.6. The number of aliphatic hydroxyl groups is 4. The topological polar surface area (TPSA) is 99.4 Å². The van der Waals surface area contributed by atoms with Crippen LogP contribution in [0.4, 0.5) is 0 Å². The van der Waals surface area contributed by atoms with Crippen LogP contribution in [0.25, 0.3) is 0 Å². The van der Waals surface area contributed by atoms with Crippen molar-refractivity contribution in [2.24, 2.45) is 0 Å². The Labute approximate surface area is 87.4 Å². The van der Waals surface area contributed by atoms with Gasteiger partial charge in [-0.25, -0.2) is 0 Å². The predicted octanol–water partition coefficient (Wildman–Crippen LogP) is -2.01. The van der Waals surface area contributed by atoms with Gasteiger partial charge in [-0.2, -0.15) is 0 Å². The maximum atomic E-state index is 9.47. The zero-order chi connectivity index (χ0) is 11.4. The molecule has 1 aliphatic heterocycles. The number of rotatable bonds is 4. The molecule has 0 saturated carbocycles. The standard InChI is InChI=1S/C9H16O6/c1-2-3-14-9-8(13)7(12)6(11)5(4-10)15-9/h2,5-13H,1,3-4H2/t5-,6+,7+,8-,9?/m1/s1. The van der Waals surface area contributed by atoms with E-state index in [1.54, 1.807) is 0 Å². The van der Waals surface area contributed by atoms with E-state index in [0.29, 0.717) is 0 Å². The summed E-state index contributed by atoms with van der Waals surface area (Å²) in [6.07, 6.45) is -4.64. The first-order valence-corrected chi connectivity index (χ1v) is 4.64. The van der Waals surface area contributed by atoms with Crippen molar-refractivity contribution in [2.75, 3.05) is 13.2 Å². The van der Waals surface area contributed by atoms with Gasteiger partial charge in [-0.15, -0.1) is 6.58 Å². The zero-order valence-corrected chi connectivity index (χ0v) is 8.19. The molecule has 1 rings (SSSR count). The summed E-state index contributed by atoms with van der Waals surface area (Å²) in [5, 5.41) is 37.1. The first-order valence-electron chi connectivity index (χ1n) is 4.64. The number of hydrogen-bond donors (Lipinski definition) is 4. The summed E-state index contributed by atoms with van der Waals surface area (Å²) >= 11 is 0. The fourth-order valence-electron chi connectivity index (χ4n) is 1.37. The summed E-state index contributed by atoms with van der Waals surface area (Å²) < 4.78 is 10.1. The normalized spacial score (nSPS) is 41.5. The molecule has 1 saturated heterocycles. The van der Waals surface area contributed by atoms with Crippen LogP contribution >= 0.6 is 0 Å². The van der Waals surface area contributed by atoms with Gasteiger partial charge in [0.25, 0.3) is 0 Å². The van der Waals surface area contributed by atoms with E-state index in [0.717, 1.165) is 0 Å². The van der Waals surface area contributed by atoms with Crippen molar-refractivity contribution in [2.45, 2.75) is 30.7 Å². The molecular formula is C9H16O6. The maximum absolute atomic E-state index is 9.47. The first-order chi connectivity index (χ1) is 7.11. The van der Waals surface area contributed by atoms with Crippen molar-refractivity contribution in [3.05, 3.63) is 12.7 Å². The highest BCUT2D eigenvalue weighted by Gasteiger charge is 2.43. The van der Waals surface area contributed by atoms with E-state index in [9.17, 15) is 15.3 Å². The second kappa shape index (κ2) is 5.55. The highest BCUT2D eigenvalue weighted by molar-refractivity contribution is 4.89. The Morgan fingerprint density at radius 2 is 1.87 bits per heavy atom. The van der Waals surface area contributed by atoms with Crippen LogP contribution in [0.3, 0.4) is 0 Å².